The quantitative estimate of drug-likeness (QED) is 0.617. The summed E-state index contributed by atoms with van der Waals surface area (Å²) in [5.41, 5.74) is -1.36. The Kier molecular flexibility index (Phi) is 1.95. The summed E-state index contributed by atoms with van der Waals surface area (Å²) in [6.45, 7) is 0. The van der Waals surface area contributed by atoms with E-state index in [0.717, 1.165) is 0 Å². The molecule has 1 aromatic carbocycles. The van der Waals surface area contributed by atoms with Gasteiger partial charge in [0, 0.05) is 8.04 Å². The predicted octanol–water partition coefficient (Wildman–Crippen LogP) is 4.07. The highest BCUT2D eigenvalue weighted by Gasteiger charge is 2.30. The van der Waals surface area contributed by atoms with E-state index in [4.69, 9.17) is 4.11 Å². The van der Waals surface area contributed by atoms with Crippen molar-refractivity contribution in [3.63, 3.8) is 0 Å². The predicted molar refractivity (Wildman–Crippen MR) is 51.9 cm³/mol. The van der Waals surface area contributed by atoms with E-state index in [9.17, 15) is 13.2 Å². The Morgan fingerprint density at radius 2 is 2.00 bits per heavy atom. The lowest BCUT2D eigenvalue weighted by Crippen LogP contribution is -2.04. The second kappa shape index (κ2) is 3.53. The molecule has 0 radical (unpaired) electrons. The Hall–Kier alpha value is 0.220. The summed E-state index contributed by atoms with van der Waals surface area (Å²) in [5.74, 6) is 0. The molecule has 0 bridgehead atoms. The van der Waals surface area contributed by atoms with E-state index in [0.29, 0.717) is 0 Å². The molecule has 0 amide bonds. The molecule has 0 N–H and O–H groups in total. The number of benzene rings is 1. The Morgan fingerprint density at radius 1 is 1.42 bits per heavy atom. The molecule has 0 saturated heterocycles. The molecule has 0 aliphatic rings. The van der Waals surface area contributed by atoms with Crippen molar-refractivity contribution in [2.45, 2.75) is 6.18 Å². The molecule has 0 aliphatic carbocycles. The van der Waals surface area contributed by atoms with Crippen molar-refractivity contribution in [1.82, 2.24) is 0 Å². The van der Waals surface area contributed by atoms with Crippen LogP contribution < -0.4 is 0 Å². The van der Waals surface area contributed by atoms with Gasteiger partial charge in [0.2, 0.25) is 0 Å². The minimum Gasteiger partial charge on any atom is -0.166 e. The zero-order chi connectivity index (χ0) is 12.0. The second-order valence-electron chi connectivity index (χ2n) is 1.88. The van der Waals surface area contributed by atoms with Crippen molar-refractivity contribution in [3.8, 4) is 0 Å². The molecule has 0 heterocycles. The van der Waals surface area contributed by atoms with Crippen LogP contribution in [-0.2, 0) is 6.18 Å². The highest BCUT2D eigenvalue weighted by atomic mass is 127. The topological polar surface area (TPSA) is 0 Å². The molecule has 0 nitrogen and oxygen atoms in total. The van der Waals surface area contributed by atoms with Crippen LogP contribution in [0.2, 0.25) is 0 Å². The van der Waals surface area contributed by atoms with Crippen LogP contribution in [0.25, 0.3) is 0 Å². The van der Waals surface area contributed by atoms with Crippen LogP contribution in [0.5, 0.6) is 0 Å². The number of rotatable bonds is 0. The zero-order valence-electron chi connectivity index (χ0n) is 8.39. The molecule has 0 saturated carbocycles. The molecule has 0 aliphatic heterocycles. The van der Waals surface area contributed by atoms with E-state index in [1.54, 1.807) is 0 Å². The lowest BCUT2D eigenvalue weighted by atomic mass is 10.2. The average Bonchev–Trinajstić information content (AvgIpc) is 2.09. The summed E-state index contributed by atoms with van der Waals surface area (Å²) in [4.78, 5) is 0. The van der Waals surface area contributed by atoms with E-state index in [-0.39, 0.29) is 8.04 Å². The monoisotopic (exact) mass is 353 g/mol. The molecule has 1 aromatic rings. The second-order valence-corrected chi connectivity index (χ2v) is 3.75. The van der Waals surface area contributed by atoms with Crippen molar-refractivity contribution in [2.75, 3.05) is 0 Å². The molecule has 1 rings (SSSR count). The lowest BCUT2D eigenvalue weighted by Gasteiger charge is -2.06. The van der Waals surface area contributed by atoms with Gasteiger partial charge in [-0.05, 0) is 56.6 Å². The van der Waals surface area contributed by atoms with E-state index < -0.39 is 29.9 Å². The Balaban J connectivity index is 3.68. The van der Waals surface area contributed by atoms with Crippen LogP contribution in [-0.4, -0.2) is 0 Å². The van der Waals surface area contributed by atoms with Crippen molar-refractivity contribution in [3.05, 3.63) is 31.7 Å². The standard InChI is InChI=1S/C7H3BrF3I/c8-5-2-1-4(3-6(5)12)7(9,10)11/h1-3H/i1D,2D,3D. The van der Waals surface area contributed by atoms with Crippen LogP contribution >= 0.6 is 38.5 Å². The van der Waals surface area contributed by atoms with Crippen molar-refractivity contribution < 1.29 is 17.3 Å². The highest BCUT2D eigenvalue weighted by molar-refractivity contribution is 14.1. The number of hydrogen-bond donors (Lipinski definition) is 0. The van der Waals surface area contributed by atoms with Crippen LogP contribution in [0.15, 0.2) is 22.6 Å². The van der Waals surface area contributed by atoms with Crippen LogP contribution in [0, 0.1) is 3.57 Å². The van der Waals surface area contributed by atoms with Gasteiger partial charge in [0.15, 0.2) is 0 Å². The summed E-state index contributed by atoms with van der Waals surface area (Å²) in [6.07, 6.45) is -4.77. The van der Waals surface area contributed by atoms with E-state index in [1.807, 2.05) is 0 Å². The molecule has 5 heteroatoms. The van der Waals surface area contributed by atoms with Gasteiger partial charge in [0.05, 0.1) is 9.68 Å². The Labute approximate surface area is 93.6 Å². The maximum atomic E-state index is 12.5. The first-order valence-electron chi connectivity index (χ1n) is 4.19. The first-order valence-corrected chi connectivity index (χ1v) is 4.57. The molecule has 12 heavy (non-hydrogen) atoms. The van der Waals surface area contributed by atoms with Gasteiger partial charge in [0.1, 0.15) is 0 Å². The maximum Gasteiger partial charge on any atom is 0.416 e. The Bertz CT molecular complexity index is 390. The van der Waals surface area contributed by atoms with E-state index >= 15 is 0 Å². The molecule has 0 aromatic heterocycles. The van der Waals surface area contributed by atoms with Crippen LogP contribution in [0.3, 0.4) is 0 Å². The average molecular weight is 354 g/mol. The third kappa shape index (κ3) is 2.35. The fourth-order valence-corrected chi connectivity index (χ4v) is 1.11. The number of hydrogen-bond acceptors (Lipinski definition) is 0. The minimum absolute atomic E-state index is 0.0130. The summed E-state index contributed by atoms with van der Waals surface area (Å²) in [6, 6.07) is -2.29. The SMILES string of the molecule is [2H]c1c([2H])c(C(F)(F)F)c([2H])c(I)c1Br. The van der Waals surface area contributed by atoms with Gasteiger partial charge in [-0.15, -0.1) is 0 Å². The fourth-order valence-electron chi connectivity index (χ4n) is 0.510. The molecule has 0 atom stereocenters. The third-order valence-electron chi connectivity index (χ3n) is 1.01. The van der Waals surface area contributed by atoms with Crippen LogP contribution in [0.1, 0.15) is 9.68 Å². The van der Waals surface area contributed by atoms with Crippen molar-refractivity contribution >= 4 is 38.5 Å². The summed E-state index contributed by atoms with van der Waals surface area (Å²) >= 11 is 4.42. The normalized spacial score (nSPS) is 15.2. The number of alkyl halides is 3. The maximum absolute atomic E-state index is 12.5. The van der Waals surface area contributed by atoms with Gasteiger partial charge >= 0.3 is 6.18 Å². The lowest BCUT2D eigenvalue weighted by molar-refractivity contribution is -0.137. The zero-order valence-corrected chi connectivity index (χ0v) is 9.13. The minimum atomic E-state index is -4.77. The first-order chi connectivity index (χ1) is 6.68. The summed E-state index contributed by atoms with van der Waals surface area (Å²) < 4.78 is 59.1. The summed E-state index contributed by atoms with van der Waals surface area (Å²) in [7, 11) is 0. The van der Waals surface area contributed by atoms with Crippen molar-refractivity contribution in [2.24, 2.45) is 0 Å². The fraction of sp³-hybridized carbons (Fsp3) is 0.143. The molecule has 0 fully saturated rings. The van der Waals surface area contributed by atoms with Gasteiger partial charge in [-0.3, -0.25) is 0 Å². The summed E-state index contributed by atoms with van der Waals surface area (Å²) in [5, 5.41) is 0. The molecule has 0 unspecified atom stereocenters. The largest absolute Gasteiger partial charge is 0.416 e. The van der Waals surface area contributed by atoms with Gasteiger partial charge in [-0.2, -0.15) is 13.2 Å². The van der Waals surface area contributed by atoms with Gasteiger partial charge in [-0.1, -0.05) is 0 Å². The molecule has 66 valence electrons. The first kappa shape index (κ1) is 6.64. The van der Waals surface area contributed by atoms with E-state index in [1.165, 1.54) is 22.6 Å². The van der Waals surface area contributed by atoms with Crippen LogP contribution in [0.4, 0.5) is 13.2 Å². The van der Waals surface area contributed by atoms with Crippen molar-refractivity contribution in [1.29, 1.82) is 0 Å². The van der Waals surface area contributed by atoms with E-state index in [2.05, 4.69) is 15.9 Å². The Morgan fingerprint density at radius 3 is 2.50 bits per heavy atom. The van der Waals surface area contributed by atoms with Gasteiger partial charge in [-0.25, -0.2) is 0 Å². The van der Waals surface area contributed by atoms with Gasteiger partial charge in [0.25, 0.3) is 0 Å². The van der Waals surface area contributed by atoms with Gasteiger partial charge < -0.3 is 0 Å². The molecule has 0 spiro atoms. The smallest absolute Gasteiger partial charge is 0.166 e. The molecular formula is C7H3BrF3I. The molecular weight excluding hydrogens is 348 g/mol. The highest BCUT2D eigenvalue weighted by Crippen LogP contribution is 2.32. The third-order valence-corrected chi connectivity index (χ3v) is 3.15. The number of halogens is 5.